The Morgan fingerprint density at radius 1 is 1.19 bits per heavy atom. The summed E-state index contributed by atoms with van der Waals surface area (Å²) in [4.78, 5) is 18.2. The van der Waals surface area contributed by atoms with Gasteiger partial charge in [0.05, 0.1) is 6.04 Å². The first-order valence-corrected chi connectivity index (χ1v) is 8.78. The topological polar surface area (TPSA) is 88.3 Å². The van der Waals surface area contributed by atoms with Crippen LogP contribution in [-0.4, -0.2) is 49.2 Å². The molecule has 0 unspecified atom stereocenters. The largest absolute Gasteiger partial charge is 0.368 e. The first kappa shape index (κ1) is 16.4. The van der Waals surface area contributed by atoms with Gasteiger partial charge in [-0.25, -0.2) is 0 Å². The van der Waals surface area contributed by atoms with Crippen molar-refractivity contribution in [1.82, 2.24) is 29.7 Å². The normalized spacial score (nSPS) is 20.1. The van der Waals surface area contributed by atoms with Crippen LogP contribution in [0, 0.1) is 5.92 Å². The Morgan fingerprint density at radius 2 is 2.00 bits per heavy atom. The van der Waals surface area contributed by atoms with E-state index in [0.717, 1.165) is 29.3 Å². The average molecular weight is 351 g/mol. The lowest BCUT2D eigenvalue weighted by atomic mass is 9.94. The van der Waals surface area contributed by atoms with Crippen LogP contribution >= 0.6 is 0 Å². The molecule has 1 aliphatic heterocycles. The van der Waals surface area contributed by atoms with Crippen molar-refractivity contribution in [1.29, 1.82) is 0 Å². The summed E-state index contributed by atoms with van der Waals surface area (Å²) >= 11 is 0. The predicted octanol–water partition coefficient (Wildman–Crippen LogP) is 1.71. The van der Waals surface area contributed by atoms with Gasteiger partial charge in [0.25, 0.3) is 0 Å². The van der Waals surface area contributed by atoms with E-state index in [0.29, 0.717) is 13.0 Å². The molecular weight excluding hydrogens is 330 g/mol. The smallest absolute Gasteiger partial charge is 0.223 e. The van der Waals surface area contributed by atoms with Gasteiger partial charge in [-0.05, 0) is 29.8 Å². The number of nitrogens with zero attached hydrogens (tertiary/aromatic N) is 6. The number of anilines is 1. The zero-order valence-corrected chi connectivity index (χ0v) is 14.8. The lowest BCUT2D eigenvalue weighted by molar-refractivity contribution is -0.127. The molecule has 1 amide bonds. The van der Waals surface area contributed by atoms with Gasteiger partial charge in [0.1, 0.15) is 5.82 Å². The van der Waals surface area contributed by atoms with E-state index in [2.05, 4.69) is 25.6 Å². The zero-order chi connectivity index (χ0) is 18.1. The van der Waals surface area contributed by atoms with Crippen LogP contribution in [0.2, 0.25) is 0 Å². The zero-order valence-electron chi connectivity index (χ0n) is 14.8. The lowest BCUT2D eigenvalue weighted by Crippen LogP contribution is -2.26. The second-order valence-corrected chi connectivity index (χ2v) is 6.53. The average Bonchev–Trinajstić information content (AvgIpc) is 3.21. The standard InChI is InChI=1S/C18H21N7O/c1-3-15-21-22-16-5-4-14(23-25(15)16)20-11-13-10-17(26)24(2)18(13)12-6-8-19-9-7-12/h4-9,13,18H,3,10-11H2,1-2H3,(H,20,23)/t13-,18-/m0/s1. The molecule has 0 bridgehead atoms. The Bertz CT molecular complexity index is 924. The van der Waals surface area contributed by atoms with E-state index in [4.69, 9.17) is 0 Å². The van der Waals surface area contributed by atoms with E-state index in [1.54, 1.807) is 16.9 Å². The molecule has 26 heavy (non-hydrogen) atoms. The van der Waals surface area contributed by atoms with Crippen LogP contribution < -0.4 is 5.32 Å². The minimum Gasteiger partial charge on any atom is -0.368 e. The number of pyridine rings is 1. The highest BCUT2D eigenvalue weighted by Crippen LogP contribution is 2.36. The van der Waals surface area contributed by atoms with Gasteiger partial charge in [-0.15, -0.1) is 15.3 Å². The first-order chi connectivity index (χ1) is 12.7. The van der Waals surface area contributed by atoms with Crippen molar-refractivity contribution >= 4 is 17.4 Å². The highest BCUT2D eigenvalue weighted by molar-refractivity contribution is 5.79. The molecule has 0 spiro atoms. The number of aromatic nitrogens is 5. The minimum absolute atomic E-state index is 0.0443. The summed E-state index contributed by atoms with van der Waals surface area (Å²) in [6, 6.07) is 7.78. The molecule has 0 radical (unpaired) electrons. The number of fused-ring (bicyclic) bond motifs is 1. The summed E-state index contributed by atoms with van der Waals surface area (Å²) in [5.74, 6) is 1.91. The minimum atomic E-state index is 0.0443. The molecule has 0 saturated carbocycles. The van der Waals surface area contributed by atoms with E-state index in [-0.39, 0.29) is 17.9 Å². The van der Waals surface area contributed by atoms with Crippen LogP contribution in [0.5, 0.6) is 0 Å². The number of hydrogen-bond acceptors (Lipinski definition) is 6. The molecule has 8 nitrogen and oxygen atoms in total. The van der Waals surface area contributed by atoms with E-state index >= 15 is 0 Å². The SMILES string of the molecule is CCc1nnc2ccc(NC[C@@H]3CC(=O)N(C)[C@H]3c3ccncc3)nn12. The van der Waals surface area contributed by atoms with E-state index in [1.807, 2.05) is 43.1 Å². The van der Waals surface area contributed by atoms with Crippen molar-refractivity contribution in [2.45, 2.75) is 25.8 Å². The Kier molecular flexibility index (Phi) is 4.24. The summed E-state index contributed by atoms with van der Waals surface area (Å²) in [6.07, 6.45) is 4.82. The number of nitrogens with one attached hydrogen (secondary N) is 1. The molecule has 3 aromatic rings. The summed E-state index contributed by atoms with van der Waals surface area (Å²) in [7, 11) is 1.86. The van der Waals surface area contributed by atoms with E-state index in [9.17, 15) is 4.79 Å². The van der Waals surface area contributed by atoms with Gasteiger partial charge < -0.3 is 10.2 Å². The molecule has 3 aromatic heterocycles. The third-order valence-corrected chi connectivity index (χ3v) is 4.93. The van der Waals surface area contributed by atoms with Crippen LogP contribution in [-0.2, 0) is 11.2 Å². The van der Waals surface area contributed by atoms with Gasteiger partial charge in [0.15, 0.2) is 11.5 Å². The number of carbonyl (C=O) groups excluding carboxylic acids is 1. The fraction of sp³-hybridized carbons (Fsp3) is 0.389. The number of carbonyl (C=O) groups is 1. The molecular formula is C18H21N7O. The van der Waals surface area contributed by atoms with Gasteiger partial charge >= 0.3 is 0 Å². The molecule has 8 heteroatoms. The monoisotopic (exact) mass is 351 g/mol. The molecule has 0 aliphatic carbocycles. The molecule has 1 aliphatic rings. The van der Waals surface area contributed by atoms with E-state index in [1.165, 1.54) is 0 Å². The van der Waals surface area contributed by atoms with Gasteiger partial charge in [0, 0.05) is 44.7 Å². The summed E-state index contributed by atoms with van der Waals surface area (Å²) in [6.45, 7) is 2.68. The van der Waals surface area contributed by atoms with Crippen LogP contribution in [0.4, 0.5) is 5.82 Å². The van der Waals surface area contributed by atoms with Crippen molar-refractivity contribution in [3.63, 3.8) is 0 Å². The van der Waals surface area contributed by atoms with Crippen LogP contribution in [0.15, 0.2) is 36.7 Å². The van der Waals surface area contributed by atoms with Crippen molar-refractivity contribution in [2.75, 3.05) is 18.9 Å². The molecule has 1 saturated heterocycles. The second-order valence-electron chi connectivity index (χ2n) is 6.53. The second kappa shape index (κ2) is 6.70. The molecule has 4 rings (SSSR count). The maximum atomic E-state index is 12.2. The number of aryl methyl sites for hydroxylation is 1. The Morgan fingerprint density at radius 3 is 2.77 bits per heavy atom. The van der Waals surface area contributed by atoms with Crippen molar-refractivity contribution in [3.05, 3.63) is 48.0 Å². The summed E-state index contributed by atoms with van der Waals surface area (Å²) in [5, 5.41) is 16.2. The van der Waals surface area contributed by atoms with Crippen molar-refractivity contribution < 1.29 is 4.79 Å². The molecule has 134 valence electrons. The van der Waals surface area contributed by atoms with Crippen LogP contribution in [0.3, 0.4) is 0 Å². The number of rotatable bonds is 5. The fourth-order valence-corrected chi connectivity index (χ4v) is 3.58. The van der Waals surface area contributed by atoms with Gasteiger partial charge in [-0.1, -0.05) is 6.92 Å². The molecule has 0 aromatic carbocycles. The van der Waals surface area contributed by atoms with Crippen LogP contribution in [0.1, 0.15) is 30.8 Å². The van der Waals surface area contributed by atoms with Crippen LogP contribution in [0.25, 0.3) is 5.65 Å². The van der Waals surface area contributed by atoms with Gasteiger partial charge in [-0.2, -0.15) is 4.52 Å². The Balaban J connectivity index is 1.53. The number of amides is 1. The van der Waals surface area contributed by atoms with Gasteiger partial charge in [-0.3, -0.25) is 9.78 Å². The third kappa shape index (κ3) is 2.87. The highest BCUT2D eigenvalue weighted by Gasteiger charge is 2.38. The third-order valence-electron chi connectivity index (χ3n) is 4.93. The predicted molar refractivity (Wildman–Crippen MR) is 96.5 cm³/mol. The fourth-order valence-electron chi connectivity index (χ4n) is 3.58. The molecule has 4 heterocycles. The Labute approximate surface area is 151 Å². The van der Waals surface area contributed by atoms with Crippen molar-refractivity contribution in [2.24, 2.45) is 5.92 Å². The number of likely N-dealkylation sites (tertiary alicyclic amines) is 1. The number of hydrogen-bond donors (Lipinski definition) is 1. The maximum absolute atomic E-state index is 12.2. The lowest BCUT2D eigenvalue weighted by Gasteiger charge is -2.25. The van der Waals surface area contributed by atoms with Crippen molar-refractivity contribution in [3.8, 4) is 0 Å². The molecule has 1 N–H and O–H groups in total. The first-order valence-electron chi connectivity index (χ1n) is 8.78. The maximum Gasteiger partial charge on any atom is 0.223 e. The molecule has 2 atom stereocenters. The van der Waals surface area contributed by atoms with Gasteiger partial charge in [0.2, 0.25) is 5.91 Å². The molecule has 1 fully saturated rings. The summed E-state index contributed by atoms with van der Waals surface area (Å²) < 4.78 is 1.76. The van der Waals surface area contributed by atoms with E-state index < -0.39 is 0 Å². The Hall–Kier alpha value is -3.03. The quantitative estimate of drug-likeness (QED) is 0.753. The summed E-state index contributed by atoms with van der Waals surface area (Å²) in [5.41, 5.74) is 1.84. The highest BCUT2D eigenvalue weighted by atomic mass is 16.2.